The summed E-state index contributed by atoms with van der Waals surface area (Å²) in [6, 6.07) is 21.4. The number of carbonyl (C=O) groups excluding carboxylic acids is 1. The minimum atomic E-state index is -0.0980. The van der Waals surface area contributed by atoms with E-state index in [4.69, 9.17) is 4.42 Å². The van der Waals surface area contributed by atoms with Gasteiger partial charge in [0.1, 0.15) is 11.4 Å². The molecule has 0 fully saturated rings. The Balaban J connectivity index is 1.69. The van der Waals surface area contributed by atoms with Crippen molar-refractivity contribution >= 4 is 5.91 Å². The maximum atomic E-state index is 13.3. The number of benzene rings is 2. The molecule has 0 aliphatic carbocycles. The molecule has 0 N–H and O–H groups in total. The third kappa shape index (κ3) is 3.85. The summed E-state index contributed by atoms with van der Waals surface area (Å²) in [6.45, 7) is 4.67. The molecule has 0 spiro atoms. The van der Waals surface area contributed by atoms with Crippen LogP contribution in [-0.2, 0) is 6.54 Å². The van der Waals surface area contributed by atoms with E-state index in [1.54, 1.807) is 21.9 Å². The molecule has 1 amide bonds. The zero-order valence-corrected chi connectivity index (χ0v) is 16.8. The van der Waals surface area contributed by atoms with E-state index in [2.05, 4.69) is 37.1 Å². The molecule has 5 heteroatoms. The standard InChI is InChI=1S/C24H23N3O2/c1-17-11-12-19(18(2)14-17)16-26(3)24(28)22-15-21(23-10-7-13-29-23)25-27(22)20-8-5-4-6-9-20/h4-15H,16H2,1-3H3. The molecule has 2 aromatic heterocycles. The van der Waals surface area contributed by atoms with Crippen LogP contribution in [0.15, 0.2) is 77.4 Å². The van der Waals surface area contributed by atoms with E-state index in [0.29, 0.717) is 23.7 Å². The van der Waals surface area contributed by atoms with Gasteiger partial charge in [-0.15, -0.1) is 0 Å². The molecule has 0 radical (unpaired) electrons. The maximum Gasteiger partial charge on any atom is 0.272 e. The average molecular weight is 385 g/mol. The van der Waals surface area contributed by atoms with Gasteiger partial charge < -0.3 is 9.32 Å². The monoisotopic (exact) mass is 385 g/mol. The fourth-order valence-corrected chi connectivity index (χ4v) is 3.39. The van der Waals surface area contributed by atoms with Gasteiger partial charge in [0.15, 0.2) is 5.76 Å². The highest BCUT2D eigenvalue weighted by Gasteiger charge is 2.22. The Hall–Kier alpha value is -3.60. The Morgan fingerprint density at radius 3 is 2.52 bits per heavy atom. The first-order valence-electron chi connectivity index (χ1n) is 9.54. The third-order valence-corrected chi connectivity index (χ3v) is 4.96. The summed E-state index contributed by atoms with van der Waals surface area (Å²) < 4.78 is 7.17. The Morgan fingerprint density at radius 1 is 1.03 bits per heavy atom. The second kappa shape index (κ2) is 7.80. The van der Waals surface area contributed by atoms with Gasteiger partial charge in [-0.05, 0) is 49.2 Å². The highest BCUT2D eigenvalue weighted by atomic mass is 16.3. The van der Waals surface area contributed by atoms with Gasteiger partial charge in [0.2, 0.25) is 0 Å². The lowest BCUT2D eigenvalue weighted by molar-refractivity contribution is 0.0776. The molecule has 0 aliphatic rings. The summed E-state index contributed by atoms with van der Waals surface area (Å²) >= 11 is 0. The molecule has 0 unspecified atom stereocenters. The summed E-state index contributed by atoms with van der Waals surface area (Å²) in [6.07, 6.45) is 1.60. The van der Waals surface area contributed by atoms with Crippen LogP contribution in [0.5, 0.6) is 0 Å². The van der Waals surface area contributed by atoms with Crippen molar-refractivity contribution in [1.29, 1.82) is 0 Å². The number of aromatic nitrogens is 2. The molecule has 0 saturated carbocycles. The molecular formula is C24H23N3O2. The highest BCUT2D eigenvalue weighted by molar-refractivity contribution is 5.94. The molecule has 4 rings (SSSR count). The number of hydrogen-bond donors (Lipinski definition) is 0. The second-order valence-corrected chi connectivity index (χ2v) is 7.23. The lowest BCUT2D eigenvalue weighted by Crippen LogP contribution is -2.28. The van der Waals surface area contributed by atoms with Crippen LogP contribution in [0.25, 0.3) is 17.1 Å². The minimum absolute atomic E-state index is 0.0980. The molecule has 146 valence electrons. The van der Waals surface area contributed by atoms with Crippen molar-refractivity contribution in [2.45, 2.75) is 20.4 Å². The van der Waals surface area contributed by atoms with Crippen LogP contribution < -0.4 is 0 Å². The van der Waals surface area contributed by atoms with Crippen LogP contribution >= 0.6 is 0 Å². The second-order valence-electron chi connectivity index (χ2n) is 7.23. The largest absolute Gasteiger partial charge is 0.463 e. The van der Waals surface area contributed by atoms with Crippen LogP contribution in [0, 0.1) is 13.8 Å². The Bertz CT molecular complexity index is 1130. The van der Waals surface area contributed by atoms with Gasteiger partial charge in [-0.2, -0.15) is 5.10 Å². The number of aryl methyl sites for hydroxylation is 2. The first-order valence-corrected chi connectivity index (χ1v) is 9.54. The fourth-order valence-electron chi connectivity index (χ4n) is 3.39. The molecule has 0 saturated heterocycles. The van der Waals surface area contributed by atoms with E-state index in [1.807, 2.05) is 49.5 Å². The van der Waals surface area contributed by atoms with Crippen LogP contribution in [-0.4, -0.2) is 27.6 Å². The predicted molar refractivity (Wildman–Crippen MR) is 113 cm³/mol. The van der Waals surface area contributed by atoms with Crippen molar-refractivity contribution in [3.63, 3.8) is 0 Å². The van der Waals surface area contributed by atoms with E-state index >= 15 is 0 Å². The number of para-hydroxylation sites is 1. The summed E-state index contributed by atoms with van der Waals surface area (Å²) in [4.78, 5) is 15.1. The van der Waals surface area contributed by atoms with Gasteiger partial charge in [0.25, 0.3) is 5.91 Å². The van der Waals surface area contributed by atoms with E-state index < -0.39 is 0 Å². The van der Waals surface area contributed by atoms with Crippen molar-refractivity contribution < 1.29 is 9.21 Å². The highest BCUT2D eigenvalue weighted by Crippen LogP contribution is 2.23. The van der Waals surface area contributed by atoms with Crippen LogP contribution in [0.3, 0.4) is 0 Å². The SMILES string of the molecule is Cc1ccc(CN(C)C(=O)c2cc(-c3ccco3)nn2-c2ccccc2)c(C)c1. The summed E-state index contributed by atoms with van der Waals surface area (Å²) in [5, 5.41) is 4.64. The van der Waals surface area contributed by atoms with Crippen molar-refractivity contribution in [3.8, 4) is 17.1 Å². The van der Waals surface area contributed by atoms with Crippen LogP contribution in [0.2, 0.25) is 0 Å². The molecular weight excluding hydrogens is 362 g/mol. The molecule has 29 heavy (non-hydrogen) atoms. The smallest absolute Gasteiger partial charge is 0.272 e. The number of furan rings is 1. The fraction of sp³-hybridized carbons (Fsp3) is 0.167. The summed E-state index contributed by atoms with van der Waals surface area (Å²) in [5.74, 6) is 0.532. The number of carbonyl (C=O) groups is 1. The molecule has 2 aromatic carbocycles. The van der Waals surface area contributed by atoms with Crippen LogP contribution in [0.1, 0.15) is 27.2 Å². The Kier molecular flexibility index (Phi) is 5.04. The van der Waals surface area contributed by atoms with Gasteiger partial charge >= 0.3 is 0 Å². The molecule has 5 nitrogen and oxygen atoms in total. The Labute approximate surface area is 170 Å². The maximum absolute atomic E-state index is 13.3. The first-order chi connectivity index (χ1) is 14.0. The van der Waals surface area contributed by atoms with Gasteiger partial charge in [-0.1, -0.05) is 42.0 Å². The average Bonchev–Trinajstić information content (AvgIpc) is 3.40. The Morgan fingerprint density at radius 2 is 1.83 bits per heavy atom. The van der Waals surface area contributed by atoms with Crippen molar-refractivity contribution in [1.82, 2.24) is 14.7 Å². The predicted octanol–water partition coefficient (Wildman–Crippen LogP) is 5.02. The third-order valence-electron chi connectivity index (χ3n) is 4.96. The van der Waals surface area contributed by atoms with Gasteiger partial charge in [-0.25, -0.2) is 4.68 Å². The lowest BCUT2D eigenvalue weighted by Gasteiger charge is -2.19. The quantitative estimate of drug-likeness (QED) is 0.485. The van der Waals surface area contributed by atoms with E-state index in [1.165, 1.54) is 11.1 Å². The molecule has 0 atom stereocenters. The van der Waals surface area contributed by atoms with E-state index in [0.717, 1.165) is 11.3 Å². The number of rotatable bonds is 5. The first kappa shape index (κ1) is 18.7. The molecule has 0 aliphatic heterocycles. The van der Waals surface area contributed by atoms with Crippen molar-refractivity contribution in [2.24, 2.45) is 0 Å². The number of amides is 1. The van der Waals surface area contributed by atoms with Crippen molar-refractivity contribution in [3.05, 3.63) is 95.4 Å². The minimum Gasteiger partial charge on any atom is -0.463 e. The number of nitrogens with zero attached hydrogens (tertiary/aromatic N) is 3. The molecule has 2 heterocycles. The van der Waals surface area contributed by atoms with Gasteiger partial charge in [0.05, 0.1) is 12.0 Å². The van der Waals surface area contributed by atoms with E-state index in [9.17, 15) is 4.79 Å². The van der Waals surface area contributed by atoms with Crippen molar-refractivity contribution in [2.75, 3.05) is 7.05 Å². The number of hydrogen-bond acceptors (Lipinski definition) is 3. The topological polar surface area (TPSA) is 51.3 Å². The van der Waals surface area contributed by atoms with Gasteiger partial charge in [0, 0.05) is 19.7 Å². The normalized spacial score (nSPS) is 10.9. The van der Waals surface area contributed by atoms with Crippen LogP contribution in [0.4, 0.5) is 0 Å². The summed E-state index contributed by atoms with van der Waals surface area (Å²) in [5.41, 5.74) is 5.47. The molecule has 0 bridgehead atoms. The zero-order chi connectivity index (χ0) is 20.4. The zero-order valence-electron chi connectivity index (χ0n) is 16.8. The van der Waals surface area contributed by atoms with E-state index in [-0.39, 0.29) is 5.91 Å². The van der Waals surface area contributed by atoms with Gasteiger partial charge in [-0.3, -0.25) is 4.79 Å². The molecule has 4 aromatic rings. The summed E-state index contributed by atoms with van der Waals surface area (Å²) in [7, 11) is 1.82. The lowest BCUT2D eigenvalue weighted by atomic mass is 10.1.